The van der Waals surface area contributed by atoms with E-state index in [0.29, 0.717) is 18.5 Å². The number of carboxylic acids is 1. The average Bonchev–Trinajstić information content (AvgIpc) is 2.38. The molecule has 1 aromatic heterocycles. The monoisotopic (exact) mass is 246 g/mol. The number of aromatic nitrogens is 1. The summed E-state index contributed by atoms with van der Waals surface area (Å²) < 4.78 is 0. The molecule has 0 radical (unpaired) electrons. The van der Waals surface area contributed by atoms with Crippen LogP contribution in [0.1, 0.15) is 16.9 Å². The number of aliphatic hydroxyl groups excluding tert-OH is 1. The van der Waals surface area contributed by atoms with Crippen molar-refractivity contribution in [2.24, 2.45) is 0 Å². The van der Waals surface area contributed by atoms with Crippen LogP contribution < -0.4 is 5.32 Å². The highest BCUT2D eigenvalue weighted by Crippen LogP contribution is 2.23. The van der Waals surface area contributed by atoms with Gasteiger partial charge in [-0.3, -0.25) is 0 Å². The number of nitrogens with one attached hydrogen (secondary N) is 1. The van der Waals surface area contributed by atoms with Crippen molar-refractivity contribution in [3.05, 3.63) is 36.0 Å². The Morgan fingerprint density at radius 3 is 2.83 bits per heavy atom. The number of nitrogens with zero attached hydrogens (tertiary/aromatic N) is 1. The zero-order chi connectivity index (χ0) is 13.0. The summed E-state index contributed by atoms with van der Waals surface area (Å²) in [6.07, 6.45) is 0.610. The van der Waals surface area contributed by atoms with Gasteiger partial charge in [0.15, 0.2) is 5.69 Å². The normalized spacial score (nSPS) is 10.5. The van der Waals surface area contributed by atoms with Crippen molar-refractivity contribution in [3.8, 4) is 0 Å². The van der Waals surface area contributed by atoms with Gasteiger partial charge in [-0.1, -0.05) is 18.2 Å². The molecule has 1 heterocycles. The second-order valence-electron chi connectivity index (χ2n) is 3.88. The van der Waals surface area contributed by atoms with E-state index >= 15 is 0 Å². The fourth-order valence-electron chi connectivity index (χ4n) is 1.73. The standard InChI is InChI=1S/C13H14N2O3/c16-7-3-6-14-11-8-12(13(17)18)15-10-5-2-1-4-9(10)11/h1-2,4-5,8,16H,3,6-7H2,(H,14,15)(H,17,18). The topological polar surface area (TPSA) is 82.5 Å². The number of carboxylic acid groups (broad SMARTS) is 1. The SMILES string of the molecule is O=C(O)c1cc(NCCCO)c2ccccc2n1. The molecular weight excluding hydrogens is 232 g/mol. The molecule has 0 atom stereocenters. The van der Waals surface area contributed by atoms with Crippen LogP contribution in [0.25, 0.3) is 10.9 Å². The van der Waals surface area contributed by atoms with E-state index in [0.717, 1.165) is 11.1 Å². The van der Waals surface area contributed by atoms with Gasteiger partial charge in [0.2, 0.25) is 0 Å². The molecule has 18 heavy (non-hydrogen) atoms. The highest BCUT2D eigenvalue weighted by Gasteiger charge is 2.10. The van der Waals surface area contributed by atoms with Crippen LogP contribution in [0, 0.1) is 0 Å². The number of carbonyl (C=O) groups is 1. The van der Waals surface area contributed by atoms with E-state index in [1.807, 2.05) is 18.2 Å². The van der Waals surface area contributed by atoms with Gasteiger partial charge in [-0.05, 0) is 18.6 Å². The van der Waals surface area contributed by atoms with Crippen molar-refractivity contribution in [1.82, 2.24) is 4.98 Å². The highest BCUT2D eigenvalue weighted by atomic mass is 16.4. The predicted molar refractivity (Wildman–Crippen MR) is 68.9 cm³/mol. The maximum atomic E-state index is 11.0. The van der Waals surface area contributed by atoms with Crippen LogP contribution in [0.2, 0.25) is 0 Å². The van der Waals surface area contributed by atoms with Crippen molar-refractivity contribution < 1.29 is 15.0 Å². The summed E-state index contributed by atoms with van der Waals surface area (Å²) in [6, 6.07) is 8.87. The Hall–Kier alpha value is -2.14. The number of pyridine rings is 1. The third-order valence-electron chi connectivity index (χ3n) is 2.59. The first-order valence-corrected chi connectivity index (χ1v) is 5.70. The molecule has 0 amide bonds. The van der Waals surface area contributed by atoms with Gasteiger partial charge in [-0.25, -0.2) is 9.78 Å². The summed E-state index contributed by atoms with van der Waals surface area (Å²) in [7, 11) is 0. The van der Waals surface area contributed by atoms with Gasteiger partial charge in [0.05, 0.1) is 5.52 Å². The maximum Gasteiger partial charge on any atom is 0.354 e. The lowest BCUT2D eigenvalue weighted by atomic mass is 10.1. The van der Waals surface area contributed by atoms with Crippen molar-refractivity contribution >= 4 is 22.6 Å². The number of fused-ring (bicyclic) bond motifs is 1. The number of aliphatic hydroxyl groups is 1. The second kappa shape index (κ2) is 5.46. The number of rotatable bonds is 5. The molecule has 0 bridgehead atoms. The molecule has 0 fully saturated rings. The summed E-state index contributed by atoms with van der Waals surface area (Å²) in [5, 5.41) is 21.8. The van der Waals surface area contributed by atoms with E-state index < -0.39 is 5.97 Å². The second-order valence-corrected chi connectivity index (χ2v) is 3.88. The minimum Gasteiger partial charge on any atom is -0.477 e. The Morgan fingerprint density at radius 1 is 1.33 bits per heavy atom. The Morgan fingerprint density at radius 2 is 2.11 bits per heavy atom. The number of anilines is 1. The zero-order valence-electron chi connectivity index (χ0n) is 9.76. The largest absolute Gasteiger partial charge is 0.477 e. The Kier molecular flexibility index (Phi) is 3.74. The molecule has 5 heteroatoms. The first kappa shape index (κ1) is 12.3. The fourth-order valence-corrected chi connectivity index (χ4v) is 1.73. The summed E-state index contributed by atoms with van der Waals surface area (Å²) in [4.78, 5) is 15.1. The molecule has 2 aromatic rings. The molecular formula is C13H14N2O3. The molecule has 0 aliphatic rings. The number of aromatic carboxylic acids is 1. The first-order valence-electron chi connectivity index (χ1n) is 5.70. The van der Waals surface area contributed by atoms with E-state index in [1.165, 1.54) is 6.07 Å². The number of para-hydroxylation sites is 1. The Balaban J connectivity index is 2.43. The van der Waals surface area contributed by atoms with Crippen LogP contribution in [0.5, 0.6) is 0 Å². The minimum absolute atomic E-state index is 0.0141. The molecule has 0 saturated carbocycles. The molecule has 0 saturated heterocycles. The van der Waals surface area contributed by atoms with Gasteiger partial charge >= 0.3 is 5.97 Å². The minimum atomic E-state index is -1.05. The van der Waals surface area contributed by atoms with Gasteiger partial charge in [-0.15, -0.1) is 0 Å². The maximum absolute atomic E-state index is 11.0. The molecule has 0 aliphatic carbocycles. The van der Waals surface area contributed by atoms with Crippen LogP contribution in [0.15, 0.2) is 30.3 Å². The summed E-state index contributed by atoms with van der Waals surface area (Å²) >= 11 is 0. The summed E-state index contributed by atoms with van der Waals surface area (Å²) in [5.74, 6) is -1.05. The molecule has 94 valence electrons. The molecule has 0 aliphatic heterocycles. The first-order chi connectivity index (χ1) is 8.72. The highest BCUT2D eigenvalue weighted by molar-refractivity contribution is 5.97. The van der Waals surface area contributed by atoms with Gasteiger partial charge in [-0.2, -0.15) is 0 Å². The van der Waals surface area contributed by atoms with E-state index in [1.54, 1.807) is 6.07 Å². The molecule has 0 spiro atoms. The molecule has 1 aromatic carbocycles. The van der Waals surface area contributed by atoms with Gasteiger partial charge < -0.3 is 15.5 Å². The lowest BCUT2D eigenvalue weighted by Crippen LogP contribution is -2.07. The van der Waals surface area contributed by atoms with Crippen LogP contribution in [0.3, 0.4) is 0 Å². The van der Waals surface area contributed by atoms with E-state index in [2.05, 4.69) is 10.3 Å². The third-order valence-corrected chi connectivity index (χ3v) is 2.59. The number of benzene rings is 1. The molecule has 3 N–H and O–H groups in total. The van der Waals surface area contributed by atoms with E-state index in [9.17, 15) is 4.79 Å². The van der Waals surface area contributed by atoms with Crippen molar-refractivity contribution in [2.45, 2.75) is 6.42 Å². The summed E-state index contributed by atoms with van der Waals surface area (Å²) in [6.45, 7) is 0.686. The van der Waals surface area contributed by atoms with E-state index in [-0.39, 0.29) is 12.3 Å². The van der Waals surface area contributed by atoms with Gasteiger partial charge in [0.1, 0.15) is 0 Å². The molecule has 0 unspecified atom stereocenters. The summed E-state index contributed by atoms with van der Waals surface area (Å²) in [5.41, 5.74) is 1.38. The lowest BCUT2D eigenvalue weighted by molar-refractivity contribution is 0.0691. The quantitative estimate of drug-likeness (QED) is 0.700. The van der Waals surface area contributed by atoms with Gasteiger partial charge in [0.25, 0.3) is 0 Å². The zero-order valence-corrected chi connectivity index (χ0v) is 9.76. The fraction of sp³-hybridized carbons (Fsp3) is 0.231. The molecule has 2 rings (SSSR count). The Labute approximate surface area is 104 Å². The van der Waals surface area contributed by atoms with E-state index in [4.69, 9.17) is 10.2 Å². The lowest BCUT2D eigenvalue weighted by Gasteiger charge is -2.10. The predicted octanol–water partition coefficient (Wildman–Crippen LogP) is 1.73. The van der Waals surface area contributed by atoms with Crippen LogP contribution in [-0.2, 0) is 0 Å². The van der Waals surface area contributed by atoms with Crippen molar-refractivity contribution in [1.29, 1.82) is 0 Å². The van der Waals surface area contributed by atoms with Crippen molar-refractivity contribution in [2.75, 3.05) is 18.5 Å². The van der Waals surface area contributed by atoms with Crippen LogP contribution >= 0.6 is 0 Å². The average molecular weight is 246 g/mol. The molecule has 5 nitrogen and oxygen atoms in total. The third kappa shape index (κ3) is 2.57. The smallest absolute Gasteiger partial charge is 0.354 e. The van der Waals surface area contributed by atoms with Crippen LogP contribution in [0.4, 0.5) is 5.69 Å². The number of hydrogen-bond donors (Lipinski definition) is 3. The van der Waals surface area contributed by atoms with Gasteiger partial charge in [0, 0.05) is 24.2 Å². The van der Waals surface area contributed by atoms with Crippen molar-refractivity contribution in [3.63, 3.8) is 0 Å². The Bertz CT molecular complexity index is 569. The number of hydrogen-bond acceptors (Lipinski definition) is 4. The van der Waals surface area contributed by atoms with Crippen LogP contribution in [-0.4, -0.2) is 34.3 Å².